The molecule has 1 amide bonds. The average Bonchev–Trinajstić information content (AvgIpc) is 2.52. The first-order chi connectivity index (χ1) is 11.8. The molecule has 2 aromatic rings. The Morgan fingerprint density at radius 1 is 1.16 bits per heavy atom. The quantitative estimate of drug-likeness (QED) is 0.793. The second-order valence-corrected chi connectivity index (χ2v) is 5.70. The van der Waals surface area contributed by atoms with Gasteiger partial charge in [-0.15, -0.1) is 0 Å². The molecule has 0 unspecified atom stereocenters. The standard InChI is InChI=1S/C17H14F4N2O2/c18-12-6-4-11(5-7-12)8-16(24)23-9-13(10-23)25-15-3-1-2-14(22-15)17(19,20)21/h1-7,13H,8-10H2. The number of pyridine rings is 1. The van der Waals surface area contributed by atoms with E-state index in [1.165, 1.54) is 41.3 Å². The monoisotopic (exact) mass is 354 g/mol. The van der Waals surface area contributed by atoms with Gasteiger partial charge in [-0.05, 0) is 23.8 Å². The molecule has 0 aliphatic carbocycles. The Hall–Kier alpha value is -2.64. The highest BCUT2D eigenvalue weighted by Gasteiger charge is 2.35. The normalized spacial score (nSPS) is 15.0. The van der Waals surface area contributed by atoms with Crippen molar-refractivity contribution in [3.05, 3.63) is 59.5 Å². The van der Waals surface area contributed by atoms with Crippen molar-refractivity contribution in [2.45, 2.75) is 18.7 Å². The van der Waals surface area contributed by atoms with Crippen LogP contribution in [0.4, 0.5) is 17.6 Å². The molecule has 0 spiro atoms. The number of carbonyl (C=O) groups is 1. The Kier molecular flexibility index (Phi) is 4.61. The highest BCUT2D eigenvalue weighted by molar-refractivity contribution is 5.79. The summed E-state index contributed by atoms with van der Waals surface area (Å²) in [5, 5.41) is 0. The molecule has 25 heavy (non-hydrogen) atoms. The smallest absolute Gasteiger partial charge is 0.433 e. The van der Waals surface area contributed by atoms with E-state index in [0.29, 0.717) is 5.56 Å². The average molecular weight is 354 g/mol. The van der Waals surface area contributed by atoms with E-state index >= 15 is 0 Å². The summed E-state index contributed by atoms with van der Waals surface area (Å²) in [6, 6.07) is 9.07. The first kappa shape index (κ1) is 17.2. The van der Waals surface area contributed by atoms with Crippen molar-refractivity contribution in [2.24, 2.45) is 0 Å². The molecule has 0 saturated carbocycles. The van der Waals surface area contributed by atoms with Crippen molar-refractivity contribution >= 4 is 5.91 Å². The van der Waals surface area contributed by atoms with Gasteiger partial charge in [-0.25, -0.2) is 9.37 Å². The highest BCUT2D eigenvalue weighted by atomic mass is 19.4. The van der Waals surface area contributed by atoms with Crippen LogP contribution < -0.4 is 4.74 Å². The molecule has 1 fully saturated rings. The Labute approximate surface area is 141 Å². The maximum atomic E-state index is 12.8. The number of likely N-dealkylation sites (tertiary alicyclic amines) is 1. The minimum Gasteiger partial charge on any atom is -0.471 e. The molecule has 132 valence electrons. The van der Waals surface area contributed by atoms with Crippen LogP contribution in [-0.4, -0.2) is 35.0 Å². The molecule has 1 aliphatic rings. The van der Waals surface area contributed by atoms with E-state index in [9.17, 15) is 22.4 Å². The van der Waals surface area contributed by atoms with Gasteiger partial charge >= 0.3 is 6.18 Å². The summed E-state index contributed by atoms with van der Waals surface area (Å²) < 4.78 is 56.0. The van der Waals surface area contributed by atoms with Crippen molar-refractivity contribution in [1.29, 1.82) is 0 Å². The van der Waals surface area contributed by atoms with Crippen molar-refractivity contribution in [1.82, 2.24) is 9.88 Å². The molecule has 3 rings (SSSR count). The van der Waals surface area contributed by atoms with Gasteiger partial charge in [-0.1, -0.05) is 18.2 Å². The van der Waals surface area contributed by atoms with Crippen molar-refractivity contribution in [3.8, 4) is 5.88 Å². The summed E-state index contributed by atoms with van der Waals surface area (Å²) in [5.74, 6) is -0.642. The van der Waals surface area contributed by atoms with Gasteiger partial charge in [-0.2, -0.15) is 13.2 Å². The summed E-state index contributed by atoms with van der Waals surface area (Å²) in [6.45, 7) is 0.551. The van der Waals surface area contributed by atoms with Gasteiger partial charge in [0.05, 0.1) is 19.5 Å². The fraction of sp³-hybridized carbons (Fsp3) is 0.294. The number of hydrogen-bond donors (Lipinski definition) is 0. The molecule has 1 saturated heterocycles. The predicted molar refractivity (Wildman–Crippen MR) is 80.3 cm³/mol. The molecule has 0 N–H and O–H groups in total. The fourth-order valence-electron chi connectivity index (χ4n) is 2.41. The number of aromatic nitrogens is 1. The van der Waals surface area contributed by atoms with Crippen LogP contribution in [0.25, 0.3) is 0 Å². The van der Waals surface area contributed by atoms with Gasteiger partial charge in [0.2, 0.25) is 11.8 Å². The van der Waals surface area contributed by atoms with E-state index in [-0.39, 0.29) is 37.1 Å². The van der Waals surface area contributed by atoms with E-state index in [4.69, 9.17) is 4.74 Å². The van der Waals surface area contributed by atoms with Crippen LogP contribution in [0, 0.1) is 5.82 Å². The first-order valence-electron chi connectivity index (χ1n) is 7.54. The Balaban J connectivity index is 1.51. The van der Waals surface area contributed by atoms with Crippen LogP contribution >= 0.6 is 0 Å². The molecule has 0 atom stereocenters. The molecular weight excluding hydrogens is 340 g/mol. The Morgan fingerprint density at radius 2 is 1.84 bits per heavy atom. The number of ether oxygens (including phenoxy) is 1. The fourth-order valence-corrected chi connectivity index (χ4v) is 2.41. The predicted octanol–water partition coefficient (Wildman–Crippen LogP) is 3.07. The number of alkyl halides is 3. The van der Waals surface area contributed by atoms with Gasteiger partial charge in [0.25, 0.3) is 0 Å². The first-order valence-corrected chi connectivity index (χ1v) is 7.54. The lowest BCUT2D eigenvalue weighted by molar-refractivity contribution is -0.141. The maximum Gasteiger partial charge on any atom is 0.433 e. The number of carbonyl (C=O) groups excluding carboxylic acids is 1. The second kappa shape index (κ2) is 6.70. The third-order valence-electron chi connectivity index (χ3n) is 3.77. The van der Waals surface area contributed by atoms with Crippen molar-refractivity contribution in [2.75, 3.05) is 13.1 Å². The third kappa shape index (κ3) is 4.26. The topological polar surface area (TPSA) is 42.4 Å². The summed E-state index contributed by atoms with van der Waals surface area (Å²) in [7, 11) is 0. The van der Waals surface area contributed by atoms with Gasteiger partial charge in [0.1, 0.15) is 17.6 Å². The zero-order chi connectivity index (χ0) is 18.0. The molecular formula is C17H14F4N2O2. The SMILES string of the molecule is O=C(Cc1ccc(F)cc1)N1CC(Oc2cccc(C(F)(F)F)n2)C1. The molecule has 0 bridgehead atoms. The lowest BCUT2D eigenvalue weighted by Gasteiger charge is -2.38. The Bertz CT molecular complexity index is 756. The minimum atomic E-state index is -4.53. The van der Waals surface area contributed by atoms with Crippen LogP contribution in [0.3, 0.4) is 0 Å². The number of rotatable bonds is 4. The maximum absolute atomic E-state index is 12.8. The third-order valence-corrected chi connectivity index (χ3v) is 3.77. The summed E-state index contributed by atoms with van der Waals surface area (Å²) >= 11 is 0. The molecule has 2 heterocycles. The van der Waals surface area contributed by atoms with Crippen LogP contribution in [0.5, 0.6) is 5.88 Å². The van der Waals surface area contributed by atoms with E-state index in [1.807, 2.05) is 0 Å². The van der Waals surface area contributed by atoms with Gasteiger partial charge in [0, 0.05) is 6.07 Å². The molecule has 1 aromatic heterocycles. The molecule has 1 aliphatic heterocycles. The number of hydrogen-bond acceptors (Lipinski definition) is 3. The minimum absolute atomic E-state index is 0.120. The zero-order valence-electron chi connectivity index (χ0n) is 13.0. The van der Waals surface area contributed by atoms with E-state index < -0.39 is 18.0 Å². The number of halogens is 4. The summed E-state index contributed by atoms with van der Waals surface area (Å²) in [5.41, 5.74) is -0.330. The van der Waals surface area contributed by atoms with E-state index in [1.54, 1.807) is 0 Å². The van der Waals surface area contributed by atoms with E-state index in [0.717, 1.165) is 6.07 Å². The highest BCUT2D eigenvalue weighted by Crippen LogP contribution is 2.29. The van der Waals surface area contributed by atoms with Crippen LogP contribution in [0.1, 0.15) is 11.3 Å². The largest absolute Gasteiger partial charge is 0.471 e. The number of nitrogens with zero attached hydrogens (tertiary/aromatic N) is 2. The van der Waals surface area contributed by atoms with E-state index in [2.05, 4.69) is 4.98 Å². The van der Waals surface area contributed by atoms with Crippen molar-refractivity contribution in [3.63, 3.8) is 0 Å². The molecule has 1 aromatic carbocycles. The van der Waals surface area contributed by atoms with Gasteiger partial charge in [0.15, 0.2) is 0 Å². The van der Waals surface area contributed by atoms with Crippen molar-refractivity contribution < 1.29 is 27.1 Å². The summed E-state index contributed by atoms with van der Waals surface area (Å²) in [4.78, 5) is 17.0. The summed E-state index contributed by atoms with van der Waals surface area (Å²) in [6.07, 6.45) is -4.79. The van der Waals surface area contributed by atoms with Gasteiger partial charge in [-0.3, -0.25) is 4.79 Å². The lowest BCUT2D eigenvalue weighted by atomic mass is 10.1. The molecule has 4 nitrogen and oxygen atoms in total. The zero-order valence-corrected chi connectivity index (χ0v) is 13.0. The van der Waals surface area contributed by atoms with Crippen LogP contribution in [0.2, 0.25) is 0 Å². The van der Waals surface area contributed by atoms with Gasteiger partial charge < -0.3 is 9.64 Å². The molecule has 8 heteroatoms. The number of amides is 1. The second-order valence-electron chi connectivity index (χ2n) is 5.70. The van der Waals surface area contributed by atoms with Crippen LogP contribution in [-0.2, 0) is 17.4 Å². The lowest BCUT2D eigenvalue weighted by Crippen LogP contribution is -2.56. The molecule has 0 radical (unpaired) electrons. The Morgan fingerprint density at radius 3 is 2.48 bits per heavy atom. The number of benzene rings is 1. The van der Waals surface area contributed by atoms with Crippen LogP contribution in [0.15, 0.2) is 42.5 Å².